The first-order valence-electron chi connectivity index (χ1n) is 4.52. The Morgan fingerprint density at radius 1 is 1.67 bits per heavy atom. The molecule has 0 atom stereocenters. The molecule has 2 heterocycles. The van der Waals surface area contributed by atoms with Gasteiger partial charge in [-0.2, -0.15) is 0 Å². The number of carbonyl (C=O) groups excluding carboxylic acids is 1. The lowest BCUT2D eigenvalue weighted by molar-refractivity contribution is 0.0529. The molecule has 5 heteroatoms. The van der Waals surface area contributed by atoms with E-state index in [1.807, 2.05) is 0 Å². The Hall–Kier alpha value is -1.55. The Morgan fingerprint density at radius 3 is 3.20 bits per heavy atom. The zero-order valence-electron chi connectivity index (χ0n) is 8.08. The highest BCUT2D eigenvalue weighted by Gasteiger charge is 2.15. The first-order chi connectivity index (χ1) is 7.24. The van der Waals surface area contributed by atoms with Crippen LogP contribution in [0, 0.1) is 0 Å². The van der Waals surface area contributed by atoms with Crippen molar-refractivity contribution in [3.8, 4) is 0 Å². The molecule has 0 unspecified atom stereocenters. The maximum atomic E-state index is 11.5. The standard InChI is InChI=1S/C10H9ClN2O2/c1-2-15-10(14)6-5-13-9-8(6)7(11)3-4-12-9/h3-5H,2H2,1H3,(H,12,13). The number of ether oxygens (including phenoxy) is 1. The van der Waals surface area contributed by atoms with Crippen LogP contribution in [0.2, 0.25) is 5.02 Å². The molecule has 0 bridgehead atoms. The average molecular weight is 225 g/mol. The molecule has 0 fully saturated rings. The van der Waals surface area contributed by atoms with Crippen LogP contribution in [0.1, 0.15) is 17.3 Å². The van der Waals surface area contributed by atoms with Gasteiger partial charge in [-0.05, 0) is 13.0 Å². The van der Waals surface area contributed by atoms with Gasteiger partial charge in [-0.15, -0.1) is 0 Å². The van der Waals surface area contributed by atoms with E-state index in [0.29, 0.717) is 28.2 Å². The van der Waals surface area contributed by atoms with Gasteiger partial charge in [0.2, 0.25) is 0 Å². The number of nitrogens with one attached hydrogen (secondary N) is 1. The van der Waals surface area contributed by atoms with E-state index in [0.717, 1.165) is 0 Å². The Balaban J connectivity index is 2.57. The summed E-state index contributed by atoms with van der Waals surface area (Å²) in [4.78, 5) is 18.5. The highest BCUT2D eigenvalue weighted by atomic mass is 35.5. The van der Waals surface area contributed by atoms with Crippen molar-refractivity contribution in [1.82, 2.24) is 9.97 Å². The van der Waals surface area contributed by atoms with Crippen LogP contribution in [0.25, 0.3) is 11.0 Å². The molecular weight excluding hydrogens is 216 g/mol. The van der Waals surface area contributed by atoms with E-state index < -0.39 is 5.97 Å². The minimum atomic E-state index is -0.390. The van der Waals surface area contributed by atoms with E-state index in [1.54, 1.807) is 25.4 Å². The summed E-state index contributed by atoms with van der Waals surface area (Å²) < 4.78 is 4.90. The molecule has 15 heavy (non-hydrogen) atoms. The first kappa shape index (κ1) is 9.98. The van der Waals surface area contributed by atoms with E-state index in [9.17, 15) is 4.79 Å². The van der Waals surface area contributed by atoms with Crippen molar-refractivity contribution in [2.24, 2.45) is 0 Å². The molecule has 0 aromatic carbocycles. The zero-order valence-corrected chi connectivity index (χ0v) is 8.84. The van der Waals surface area contributed by atoms with Crippen molar-refractivity contribution in [3.05, 3.63) is 29.0 Å². The summed E-state index contributed by atoms with van der Waals surface area (Å²) in [6.45, 7) is 2.09. The molecule has 0 amide bonds. The van der Waals surface area contributed by atoms with Crippen LogP contribution >= 0.6 is 11.6 Å². The predicted molar refractivity (Wildman–Crippen MR) is 57.1 cm³/mol. The smallest absolute Gasteiger partial charge is 0.340 e. The SMILES string of the molecule is CCOC(=O)c1c[nH]c2nccc(Cl)c12. The van der Waals surface area contributed by atoms with Gasteiger partial charge in [0.1, 0.15) is 5.65 Å². The topological polar surface area (TPSA) is 55.0 Å². The maximum absolute atomic E-state index is 11.5. The number of hydrogen-bond donors (Lipinski definition) is 1. The van der Waals surface area contributed by atoms with Gasteiger partial charge >= 0.3 is 5.97 Å². The van der Waals surface area contributed by atoms with E-state index in [-0.39, 0.29) is 0 Å². The molecule has 4 nitrogen and oxygen atoms in total. The van der Waals surface area contributed by atoms with Crippen LogP contribution in [0.15, 0.2) is 18.5 Å². The van der Waals surface area contributed by atoms with Gasteiger partial charge < -0.3 is 9.72 Å². The first-order valence-corrected chi connectivity index (χ1v) is 4.90. The lowest BCUT2D eigenvalue weighted by atomic mass is 10.2. The number of carbonyl (C=O) groups is 1. The second kappa shape index (κ2) is 3.90. The highest BCUT2D eigenvalue weighted by molar-refractivity contribution is 6.36. The average Bonchev–Trinajstić information content (AvgIpc) is 2.63. The Morgan fingerprint density at radius 2 is 2.47 bits per heavy atom. The van der Waals surface area contributed by atoms with Gasteiger partial charge in [-0.1, -0.05) is 11.6 Å². The summed E-state index contributed by atoms with van der Waals surface area (Å²) >= 11 is 5.98. The van der Waals surface area contributed by atoms with E-state index >= 15 is 0 Å². The Bertz CT molecular complexity index is 507. The number of aromatic amines is 1. The molecule has 0 aliphatic carbocycles. The van der Waals surface area contributed by atoms with Crippen molar-refractivity contribution in [2.75, 3.05) is 6.61 Å². The molecule has 0 spiro atoms. The number of esters is 1. The number of aromatic nitrogens is 2. The third kappa shape index (κ3) is 1.68. The molecule has 0 saturated heterocycles. The number of rotatable bonds is 2. The molecule has 1 N–H and O–H groups in total. The molecule has 0 aliphatic heterocycles. The van der Waals surface area contributed by atoms with Crippen molar-refractivity contribution in [1.29, 1.82) is 0 Å². The number of hydrogen-bond acceptors (Lipinski definition) is 3. The lowest BCUT2D eigenvalue weighted by Crippen LogP contribution is -2.03. The van der Waals surface area contributed by atoms with Gasteiger partial charge in [0, 0.05) is 12.4 Å². The lowest BCUT2D eigenvalue weighted by Gasteiger charge is -2.00. The molecule has 2 rings (SSSR count). The molecular formula is C10H9ClN2O2. The van der Waals surface area contributed by atoms with Crippen molar-refractivity contribution in [3.63, 3.8) is 0 Å². The molecule has 78 valence electrons. The number of nitrogens with zero attached hydrogens (tertiary/aromatic N) is 1. The second-order valence-electron chi connectivity index (χ2n) is 2.94. The normalized spacial score (nSPS) is 10.5. The largest absolute Gasteiger partial charge is 0.462 e. The third-order valence-electron chi connectivity index (χ3n) is 2.02. The summed E-state index contributed by atoms with van der Waals surface area (Å²) in [6, 6.07) is 1.64. The summed E-state index contributed by atoms with van der Waals surface area (Å²) in [5.41, 5.74) is 1.01. The minimum Gasteiger partial charge on any atom is -0.462 e. The fourth-order valence-electron chi connectivity index (χ4n) is 1.39. The quantitative estimate of drug-likeness (QED) is 0.797. The summed E-state index contributed by atoms with van der Waals surface area (Å²) in [6.07, 6.45) is 3.14. The number of fused-ring (bicyclic) bond motifs is 1. The summed E-state index contributed by atoms with van der Waals surface area (Å²) in [5, 5.41) is 1.10. The van der Waals surface area contributed by atoms with Crippen LogP contribution in [-0.4, -0.2) is 22.5 Å². The van der Waals surface area contributed by atoms with Crippen LogP contribution in [0.4, 0.5) is 0 Å². The van der Waals surface area contributed by atoms with Crippen molar-refractivity contribution >= 4 is 28.6 Å². The molecule has 2 aromatic heterocycles. The van der Waals surface area contributed by atoms with Crippen LogP contribution in [0.5, 0.6) is 0 Å². The molecule has 0 radical (unpaired) electrons. The second-order valence-corrected chi connectivity index (χ2v) is 3.35. The van der Waals surface area contributed by atoms with Crippen LogP contribution in [0.3, 0.4) is 0 Å². The van der Waals surface area contributed by atoms with Crippen molar-refractivity contribution in [2.45, 2.75) is 6.92 Å². The van der Waals surface area contributed by atoms with E-state index in [1.165, 1.54) is 0 Å². The molecule has 0 aliphatic rings. The third-order valence-corrected chi connectivity index (χ3v) is 2.33. The van der Waals surface area contributed by atoms with Gasteiger partial charge in [0.25, 0.3) is 0 Å². The summed E-state index contributed by atoms with van der Waals surface area (Å²) in [7, 11) is 0. The van der Waals surface area contributed by atoms with E-state index in [4.69, 9.17) is 16.3 Å². The Kier molecular flexibility index (Phi) is 2.60. The zero-order chi connectivity index (χ0) is 10.8. The van der Waals surface area contributed by atoms with Gasteiger partial charge in [0.05, 0.1) is 22.6 Å². The van der Waals surface area contributed by atoms with Crippen molar-refractivity contribution < 1.29 is 9.53 Å². The monoisotopic (exact) mass is 224 g/mol. The van der Waals surface area contributed by atoms with Gasteiger partial charge in [-0.3, -0.25) is 0 Å². The minimum absolute atomic E-state index is 0.337. The number of halogens is 1. The highest BCUT2D eigenvalue weighted by Crippen LogP contribution is 2.25. The molecule has 0 saturated carbocycles. The van der Waals surface area contributed by atoms with Crippen LogP contribution < -0.4 is 0 Å². The fourth-order valence-corrected chi connectivity index (χ4v) is 1.63. The fraction of sp³-hybridized carbons (Fsp3) is 0.200. The molecule has 2 aromatic rings. The van der Waals surface area contributed by atoms with Gasteiger partial charge in [-0.25, -0.2) is 9.78 Å². The number of pyridine rings is 1. The Labute approximate surface area is 91.2 Å². The van der Waals surface area contributed by atoms with Crippen LogP contribution in [-0.2, 0) is 4.74 Å². The van der Waals surface area contributed by atoms with E-state index in [2.05, 4.69) is 9.97 Å². The summed E-state index contributed by atoms with van der Waals surface area (Å²) in [5.74, 6) is -0.390. The number of H-pyrrole nitrogens is 1. The maximum Gasteiger partial charge on any atom is 0.340 e. The predicted octanol–water partition coefficient (Wildman–Crippen LogP) is 2.39. The van der Waals surface area contributed by atoms with Gasteiger partial charge in [0.15, 0.2) is 0 Å².